The van der Waals surface area contributed by atoms with Crippen molar-refractivity contribution in [1.29, 1.82) is 0 Å². The summed E-state index contributed by atoms with van der Waals surface area (Å²) in [5.74, 6) is -1.66. The van der Waals surface area contributed by atoms with Crippen molar-refractivity contribution in [2.75, 3.05) is 6.61 Å². The third kappa shape index (κ3) is 3.24. The van der Waals surface area contributed by atoms with Crippen LogP contribution in [-0.4, -0.2) is 68.3 Å². The molecule has 0 radical (unpaired) electrons. The highest BCUT2D eigenvalue weighted by molar-refractivity contribution is 6.34. The zero-order chi connectivity index (χ0) is 21.4. The van der Waals surface area contributed by atoms with Gasteiger partial charge in [-0.25, -0.2) is 9.97 Å². The van der Waals surface area contributed by atoms with Gasteiger partial charge in [0.15, 0.2) is 17.8 Å². The van der Waals surface area contributed by atoms with Crippen molar-refractivity contribution in [2.24, 2.45) is 0 Å². The normalized spacial score (nSPS) is 37.6. The average molecular weight is 440 g/mol. The summed E-state index contributed by atoms with van der Waals surface area (Å²) >= 11 is 6.30. The van der Waals surface area contributed by atoms with Crippen LogP contribution in [0.4, 0.5) is 0 Å². The number of ether oxygens (including phenoxy) is 5. The van der Waals surface area contributed by atoms with Crippen LogP contribution in [-0.2, 0) is 23.7 Å². The summed E-state index contributed by atoms with van der Waals surface area (Å²) in [5.41, 5.74) is 1.45. The first-order valence-electron chi connectivity index (χ1n) is 10.0. The van der Waals surface area contributed by atoms with Gasteiger partial charge >= 0.3 is 0 Å². The Morgan fingerprint density at radius 1 is 1.07 bits per heavy atom. The van der Waals surface area contributed by atoms with E-state index in [2.05, 4.69) is 9.97 Å². The van der Waals surface area contributed by atoms with Crippen LogP contribution in [0.3, 0.4) is 0 Å². The van der Waals surface area contributed by atoms with E-state index in [0.29, 0.717) is 22.8 Å². The number of rotatable bonds is 1. The summed E-state index contributed by atoms with van der Waals surface area (Å²) in [6, 6.07) is 0. The average Bonchev–Trinajstić information content (AvgIpc) is 3.14. The minimum Gasteiger partial charge on any atom is -0.386 e. The molecule has 0 amide bonds. The highest BCUT2D eigenvalue weighted by Gasteiger charge is 2.58. The van der Waals surface area contributed by atoms with E-state index in [-0.39, 0.29) is 0 Å². The Kier molecular flexibility index (Phi) is 4.68. The minimum atomic E-state index is -1.04. The van der Waals surface area contributed by atoms with Gasteiger partial charge in [-0.15, -0.1) is 0 Å². The number of hydrogen-bond donors (Lipinski definition) is 1. The van der Waals surface area contributed by atoms with Gasteiger partial charge in [-0.2, -0.15) is 0 Å². The standard InChI is InChI=1S/C20H26ClN3O6/c1-9-6-24(17-11(9)16(21)22-8-23-17)18-12(25)14-15(30-20(4,5)29-14)13-10(27-18)7-26-19(2,3)28-13/h6,8,10,12-15,18,25H,7H2,1-5H3/t10?,12?,13-,14?,15+,18-/m1/s1. The molecule has 2 aromatic rings. The number of hydrogen-bond acceptors (Lipinski definition) is 8. The van der Waals surface area contributed by atoms with Crippen LogP contribution >= 0.6 is 11.6 Å². The second-order valence-electron chi connectivity index (χ2n) is 9.00. The fourth-order valence-electron chi connectivity index (χ4n) is 4.62. The fourth-order valence-corrected chi connectivity index (χ4v) is 4.89. The van der Waals surface area contributed by atoms with Crippen LogP contribution in [0.1, 0.15) is 39.5 Å². The predicted octanol–water partition coefficient (Wildman–Crippen LogP) is 2.32. The Morgan fingerprint density at radius 3 is 2.53 bits per heavy atom. The number of nitrogens with zero attached hydrogens (tertiary/aromatic N) is 3. The Morgan fingerprint density at radius 2 is 1.77 bits per heavy atom. The molecule has 30 heavy (non-hydrogen) atoms. The first-order chi connectivity index (χ1) is 14.1. The van der Waals surface area contributed by atoms with E-state index in [1.165, 1.54) is 6.33 Å². The van der Waals surface area contributed by atoms with Crippen molar-refractivity contribution >= 4 is 22.6 Å². The van der Waals surface area contributed by atoms with Gasteiger partial charge in [-0.3, -0.25) is 0 Å². The lowest BCUT2D eigenvalue weighted by Gasteiger charge is -2.42. The highest BCUT2D eigenvalue weighted by Crippen LogP contribution is 2.44. The molecule has 0 bridgehead atoms. The van der Waals surface area contributed by atoms with Crippen molar-refractivity contribution in [2.45, 2.75) is 82.9 Å². The first kappa shape index (κ1) is 20.6. The fraction of sp³-hybridized carbons (Fsp3) is 0.700. The van der Waals surface area contributed by atoms with Crippen molar-refractivity contribution < 1.29 is 28.8 Å². The third-order valence-electron chi connectivity index (χ3n) is 5.84. The van der Waals surface area contributed by atoms with E-state index in [1.807, 2.05) is 40.8 Å². The quantitative estimate of drug-likeness (QED) is 0.676. The first-order valence-corrected chi connectivity index (χ1v) is 10.4. The van der Waals surface area contributed by atoms with E-state index < -0.39 is 48.3 Å². The second-order valence-corrected chi connectivity index (χ2v) is 9.35. The maximum absolute atomic E-state index is 11.4. The molecule has 2 aromatic heterocycles. The molecule has 9 nitrogen and oxygen atoms in total. The summed E-state index contributed by atoms with van der Waals surface area (Å²) in [4.78, 5) is 8.46. The Labute approximate surface area is 179 Å². The predicted molar refractivity (Wildman–Crippen MR) is 106 cm³/mol. The van der Waals surface area contributed by atoms with Gasteiger partial charge in [0.05, 0.1) is 12.0 Å². The van der Waals surface area contributed by atoms with Gasteiger partial charge in [0.25, 0.3) is 0 Å². The molecule has 3 aliphatic rings. The second kappa shape index (κ2) is 6.83. The maximum Gasteiger partial charge on any atom is 0.164 e. The molecular weight excluding hydrogens is 414 g/mol. The van der Waals surface area contributed by atoms with Crippen LogP contribution in [0.25, 0.3) is 11.0 Å². The van der Waals surface area contributed by atoms with E-state index in [1.54, 1.807) is 4.57 Å². The molecule has 3 unspecified atom stereocenters. The summed E-state index contributed by atoms with van der Waals surface area (Å²) in [5, 5.41) is 12.5. The Balaban J connectivity index is 1.60. The molecule has 0 spiro atoms. The molecule has 0 aliphatic carbocycles. The van der Waals surface area contributed by atoms with Gasteiger partial charge in [-0.1, -0.05) is 11.6 Å². The smallest absolute Gasteiger partial charge is 0.164 e. The van der Waals surface area contributed by atoms with E-state index in [4.69, 9.17) is 35.3 Å². The highest BCUT2D eigenvalue weighted by atomic mass is 35.5. The lowest BCUT2D eigenvalue weighted by atomic mass is 9.99. The van der Waals surface area contributed by atoms with Gasteiger partial charge < -0.3 is 33.4 Å². The molecule has 3 saturated heterocycles. The molecule has 10 heteroatoms. The molecule has 1 N–H and O–H groups in total. The number of fused-ring (bicyclic) bond motifs is 4. The van der Waals surface area contributed by atoms with Crippen LogP contribution in [0.5, 0.6) is 0 Å². The summed E-state index contributed by atoms with van der Waals surface area (Å²) in [7, 11) is 0. The van der Waals surface area contributed by atoms with Crippen molar-refractivity contribution in [3.63, 3.8) is 0 Å². The lowest BCUT2D eigenvalue weighted by Crippen LogP contribution is -2.55. The summed E-state index contributed by atoms with van der Waals surface area (Å²) in [6.07, 6.45) is -0.731. The SMILES string of the molecule is Cc1cn([C@@H]2OC3COC(C)(C)O[C@H]3[C@@H]3OC(C)(C)OC3C2O)c2ncnc(Cl)c12. The van der Waals surface area contributed by atoms with E-state index in [9.17, 15) is 5.11 Å². The number of aryl methyl sites for hydroxylation is 1. The van der Waals surface area contributed by atoms with Crippen molar-refractivity contribution in [1.82, 2.24) is 14.5 Å². The van der Waals surface area contributed by atoms with Crippen LogP contribution in [0.2, 0.25) is 5.15 Å². The molecule has 0 saturated carbocycles. The number of halogens is 1. The largest absolute Gasteiger partial charge is 0.386 e. The van der Waals surface area contributed by atoms with Gasteiger partial charge in [0.1, 0.15) is 47.6 Å². The summed E-state index contributed by atoms with van der Waals surface area (Å²) in [6.45, 7) is 9.55. The van der Waals surface area contributed by atoms with Crippen molar-refractivity contribution in [3.05, 3.63) is 23.2 Å². The molecule has 5 heterocycles. The minimum absolute atomic E-state index is 0.293. The zero-order valence-electron chi connectivity index (χ0n) is 17.5. The number of aliphatic hydroxyl groups excluding tert-OH is 1. The van der Waals surface area contributed by atoms with Crippen molar-refractivity contribution in [3.8, 4) is 0 Å². The summed E-state index contributed by atoms with van der Waals surface area (Å²) < 4.78 is 32.5. The van der Waals surface area contributed by atoms with E-state index in [0.717, 1.165) is 5.56 Å². The lowest BCUT2D eigenvalue weighted by molar-refractivity contribution is -0.332. The molecule has 6 atom stereocenters. The topological polar surface area (TPSA) is 97.1 Å². The zero-order valence-corrected chi connectivity index (χ0v) is 18.3. The molecule has 3 aliphatic heterocycles. The van der Waals surface area contributed by atoms with Crippen LogP contribution in [0, 0.1) is 6.92 Å². The third-order valence-corrected chi connectivity index (χ3v) is 6.13. The monoisotopic (exact) mass is 439 g/mol. The van der Waals surface area contributed by atoms with Crippen LogP contribution in [0.15, 0.2) is 12.5 Å². The number of aromatic nitrogens is 3. The molecule has 3 fully saturated rings. The van der Waals surface area contributed by atoms with Gasteiger partial charge in [-0.05, 0) is 40.2 Å². The molecule has 164 valence electrons. The van der Waals surface area contributed by atoms with E-state index >= 15 is 0 Å². The maximum atomic E-state index is 11.4. The molecule has 0 aromatic carbocycles. The molecular formula is C20H26ClN3O6. The van der Waals surface area contributed by atoms with Crippen LogP contribution < -0.4 is 0 Å². The van der Waals surface area contributed by atoms with Gasteiger partial charge in [0, 0.05) is 6.20 Å². The van der Waals surface area contributed by atoms with Gasteiger partial charge in [0.2, 0.25) is 0 Å². The molecule has 5 rings (SSSR count). The Bertz CT molecular complexity index is 979. The number of aliphatic hydroxyl groups is 1. The Hall–Kier alpha value is -1.33.